The highest BCUT2D eigenvalue weighted by Crippen LogP contribution is 2.31. The van der Waals surface area contributed by atoms with E-state index in [9.17, 15) is 0 Å². The molecular weight excluding hydrogens is 250 g/mol. The van der Waals surface area contributed by atoms with Gasteiger partial charge >= 0.3 is 0 Å². The zero-order chi connectivity index (χ0) is 14.4. The van der Waals surface area contributed by atoms with Crippen molar-refractivity contribution < 1.29 is 9.47 Å². The Kier molecular flexibility index (Phi) is 4.88. The third-order valence-electron chi connectivity index (χ3n) is 3.18. The minimum atomic E-state index is 0.623. The molecule has 2 aromatic rings. The topological polar surface area (TPSA) is 30.5 Å². The lowest BCUT2D eigenvalue weighted by Crippen LogP contribution is -2.05. The zero-order valence-corrected chi connectivity index (χ0v) is 12.3. The van der Waals surface area contributed by atoms with E-state index in [1.54, 1.807) is 7.11 Å². The summed E-state index contributed by atoms with van der Waals surface area (Å²) in [6.07, 6.45) is 0. The summed E-state index contributed by atoms with van der Waals surface area (Å²) in [6.45, 7) is 5.40. The molecule has 0 saturated heterocycles. The van der Waals surface area contributed by atoms with Gasteiger partial charge in [-0.25, -0.2) is 0 Å². The van der Waals surface area contributed by atoms with Crippen molar-refractivity contribution in [1.29, 1.82) is 0 Å². The van der Waals surface area contributed by atoms with Crippen LogP contribution in [0.5, 0.6) is 11.5 Å². The number of hydrogen-bond acceptors (Lipinski definition) is 3. The Balaban J connectivity index is 2.19. The lowest BCUT2D eigenvalue weighted by Gasteiger charge is -2.15. The van der Waals surface area contributed by atoms with Crippen LogP contribution in [-0.4, -0.2) is 13.7 Å². The van der Waals surface area contributed by atoms with Crippen LogP contribution < -0.4 is 14.8 Å². The van der Waals surface area contributed by atoms with Gasteiger partial charge in [-0.2, -0.15) is 0 Å². The van der Waals surface area contributed by atoms with Crippen LogP contribution in [0.3, 0.4) is 0 Å². The summed E-state index contributed by atoms with van der Waals surface area (Å²) in [5.41, 5.74) is 3.46. The summed E-state index contributed by atoms with van der Waals surface area (Å²) < 4.78 is 11.1. The van der Waals surface area contributed by atoms with Gasteiger partial charge in [-0.05, 0) is 31.5 Å². The Labute approximate surface area is 120 Å². The van der Waals surface area contributed by atoms with Crippen molar-refractivity contribution in [2.75, 3.05) is 19.0 Å². The maximum absolute atomic E-state index is 5.71. The number of para-hydroxylation sites is 2. The highest BCUT2D eigenvalue weighted by molar-refractivity contribution is 5.53. The van der Waals surface area contributed by atoms with Gasteiger partial charge in [-0.15, -0.1) is 0 Å². The van der Waals surface area contributed by atoms with Crippen molar-refractivity contribution >= 4 is 5.69 Å². The fourth-order valence-corrected chi connectivity index (χ4v) is 2.13. The van der Waals surface area contributed by atoms with Crippen molar-refractivity contribution in [3.8, 4) is 11.5 Å². The first-order chi connectivity index (χ1) is 9.76. The number of aryl methyl sites for hydroxylation is 1. The van der Waals surface area contributed by atoms with E-state index in [0.717, 1.165) is 22.7 Å². The van der Waals surface area contributed by atoms with Gasteiger partial charge in [-0.1, -0.05) is 30.3 Å². The third kappa shape index (κ3) is 3.23. The van der Waals surface area contributed by atoms with E-state index in [2.05, 4.69) is 30.4 Å². The van der Waals surface area contributed by atoms with E-state index in [-0.39, 0.29) is 0 Å². The van der Waals surface area contributed by atoms with E-state index < -0.39 is 0 Å². The zero-order valence-electron chi connectivity index (χ0n) is 12.3. The molecule has 0 heterocycles. The van der Waals surface area contributed by atoms with E-state index >= 15 is 0 Å². The predicted molar refractivity (Wildman–Crippen MR) is 82.7 cm³/mol. The number of methoxy groups -OCH3 is 1. The molecule has 106 valence electrons. The lowest BCUT2D eigenvalue weighted by atomic mass is 10.1. The molecule has 0 unspecified atom stereocenters. The van der Waals surface area contributed by atoms with Gasteiger partial charge in [-0.3, -0.25) is 0 Å². The minimum Gasteiger partial charge on any atom is -0.493 e. The van der Waals surface area contributed by atoms with Crippen LogP contribution in [0, 0.1) is 6.92 Å². The van der Waals surface area contributed by atoms with Crippen molar-refractivity contribution in [1.82, 2.24) is 0 Å². The van der Waals surface area contributed by atoms with Gasteiger partial charge in [0, 0.05) is 17.8 Å². The molecule has 0 aliphatic carbocycles. The summed E-state index contributed by atoms with van der Waals surface area (Å²) in [5, 5.41) is 3.44. The molecule has 1 N–H and O–H groups in total. The van der Waals surface area contributed by atoms with Gasteiger partial charge in [0.15, 0.2) is 11.5 Å². The van der Waals surface area contributed by atoms with Crippen molar-refractivity contribution in [2.45, 2.75) is 20.4 Å². The number of benzene rings is 2. The van der Waals surface area contributed by atoms with Gasteiger partial charge in [0.2, 0.25) is 0 Å². The molecular formula is C17H21NO2. The molecule has 0 aliphatic rings. The Morgan fingerprint density at radius 1 is 1.05 bits per heavy atom. The van der Waals surface area contributed by atoms with Crippen LogP contribution in [0.2, 0.25) is 0 Å². The molecule has 0 radical (unpaired) electrons. The normalized spacial score (nSPS) is 10.2. The highest BCUT2D eigenvalue weighted by Gasteiger charge is 2.10. The van der Waals surface area contributed by atoms with Crippen LogP contribution >= 0.6 is 0 Å². The minimum absolute atomic E-state index is 0.623. The monoisotopic (exact) mass is 271 g/mol. The fraction of sp³-hybridized carbons (Fsp3) is 0.294. The summed E-state index contributed by atoms with van der Waals surface area (Å²) in [5.74, 6) is 1.59. The Morgan fingerprint density at radius 2 is 1.85 bits per heavy atom. The molecule has 0 fully saturated rings. The standard InChI is InChI=1S/C17H21NO2/c1-4-20-17-14(9-7-11-16(17)19-3)12-18-15-10-6-5-8-13(15)2/h5-11,18H,4,12H2,1-3H3. The number of ether oxygens (including phenoxy) is 2. The Morgan fingerprint density at radius 3 is 2.55 bits per heavy atom. The molecule has 2 aromatic carbocycles. The first-order valence-corrected chi connectivity index (χ1v) is 6.84. The van der Waals surface area contributed by atoms with Crippen LogP contribution in [0.4, 0.5) is 5.69 Å². The molecule has 0 amide bonds. The second-order valence-electron chi connectivity index (χ2n) is 4.55. The summed E-state index contributed by atoms with van der Waals surface area (Å²) in [7, 11) is 1.66. The van der Waals surface area contributed by atoms with Crippen LogP contribution in [-0.2, 0) is 6.54 Å². The molecule has 0 aromatic heterocycles. The fourth-order valence-electron chi connectivity index (χ4n) is 2.13. The van der Waals surface area contributed by atoms with E-state index in [0.29, 0.717) is 13.2 Å². The highest BCUT2D eigenvalue weighted by atomic mass is 16.5. The molecule has 20 heavy (non-hydrogen) atoms. The molecule has 2 rings (SSSR count). The molecule has 0 aliphatic heterocycles. The van der Waals surface area contributed by atoms with Crippen molar-refractivity contribution in [2.24, 2.45) is 0 Å². The third-order valence-corrected chi connectivity index (χ3v) is 3.18. The molecule has 3 heteroatoms. The maximum Gasteiger partial charge on any atom is 0.166 e. The average Bonchev–Trinajstić information content (AvgIpc) is 2.47. The summed E-state index contributed by atoms with van der Waals surface area (Å²) >= 11 is 0. The number of nitrogens with one attached hydrogen (secondary N) is 1. The van der Waals surface area contributed by atoms with Crippen LogP contribution in [0.15, 0.2) is 42.5 Å². The second-order valence-corrected chi connectivity index (χ2v) is 4.55. The van der Waals surface area contributed by atoms with Crippen LogP contribution in [0.25, 0.3) is 0 Å². The van der Waals surface area contributed by atoms with Crippen LogP contribution in [0.1, 0.15) is 18.1 Å². The average molecular weight is 271 g/mol. The molecule has 0 atom stereocenters. The van der Waals surface area contributed by atoms with E-state index in [1.807, 2.05) is 31.2 Å². The van der Waals surface area contributed by atoms with Gasteiger partial charge in [0.25, 0.3) is 0 Å². The van der Waals surface area contributed by atoms with Gasteiger partial charge in [0.05, 0.1) is 13.7 Å². The predicted octanol–water partition coefficient (Wildman–Crippen LogP) is 4.01. The quantitative estimate of drug-likeness (QED) is 0.861. The summed E-state index contributed by atoms with van der Waals surface area (Å²) in [4.78, 5) is 0. The van der Waals surface area contributed by atoms with E-state index in [1.165, 1.54) is 5.56 Å². The molecule has 0 saturated carbocycles. The molecule has 3 nitrogen and oxygen atoms in total. The number of anilines is 1. The Hall–Kier alpha value is -2.16. The SMILES string of the molecule is CCOc1c(CNc2ccccc2C)cccc1OC. The van der Waals surface area contributed by atoms with Gasteiger partial charge in [0.1, 0.15) is 0 Å². The first-order valence-electron chi connectivity index (χ1n) is 6.84. The number of rotatable bonds is 6. The van der Waals surface area contributed by atoms with Gasteiger partial charge < -0.3 is 14.8 Å². The van der Waals surface area contributed by atoms with Crippen molar-refractivity contribution in [3.63, 3.8) is 0 Å². The molecule has 0 bridgehead atoms. The summed E-state index contributed by atoms with van der Waals surface area (Å²) in [6, 6.07) is 14.2. The van der Waals surface area contributed by atoms with Crippen molar-refractivity contribution in [3.05, 3.63) is 53.6 Å². The first kappa shape index (κ1) is 14.3. The largest absolute Gasteiger partial charge is 0.493 e. The maximum atomic E-state index is 5.71. The lowest BCUT2D eigenvalue weighted by molar-refractivity contribution is 0.308. The Bertz CT molecular complexity index is 567. The van der Waals surface area contributed by atoms with E-state index in [4.69, 9.17) is 9.47 Å². The number of hydrogen-bond donors (Lipinski definition) is 1. The smallest absolute Gasteiger partial charge is 0.166 e. The molecule has 0 spiro atoms. The second kappa shape index (κ2) is 6.85.